The minimum absolute atomic E-state index is 0. The second-order valence-corrected chi connectivity index (χ2v) is 5.54. The van der Waals surface area contributed by atoms with Gasteiger partial charge in [0.15, 0.2) is 5.96 Å². The van der Waals surface area contributed by atoms with E-state index in [1.807, 2.05) is 37.3 Å². The zero-order valence-corrected chi connectivity index (χ0v) is 17.5. The molecule has 0 amide bonds. The summed E-state index contributed by atoms with van der Waals surface area (Å²) in [6.45, 7) is 3.02. The zero-order valence-electron chi connectivity index (χ0n) is 15.2. The molecule has 0 fully saturated rings. The number of methoxy groups -OCH3 is 1. The first kappa shape index (κ1) is 22.0. The smallest absolute Gasteiger partial charge is 0.191 e. The highest BCUT2D eigenvalue weighted by atomic mass is 127. The first-order valence-corrected chi connectivity index (χ1v) is 8.10. The van der Waals surface area contributed by atoms with Crippen LogP contribution in [0.2, 0.25) is 0 Å². The topological polar surface area (TPSA) is 54.9 Å². The summed E-state index contributed by atoms with van der Waals surface area (Å²) in [6, 6.07) is 13.9. The van der Waals surface area contributed by atoms with Gasteiger partial charge < -0.3 is 20.1 Å². The number of aliphatic imine (C=N–C) groups is 1. The van der Waals surface area contributed by atoms with Gasteiger partial charge in [0, 0.05) is 19.7 Å². The van der Waals surface area contributed by atoms with Gasteiger partial charge in [0.1, 0.15) is 23.4 Å². The molecule has 0 aliphatic rings. The quantitative estimate of drug-likeness (QED) is 0.367. The second kappa shape index (κ2) is 11.6. The number of benzene rings is 2. The second-order valence-electron chi connectivity index (χ2n) is 5.54. The average molecular weight is 473 g/mol. The molecule has 0 aliphatic heterocycles. The number of halogens is 2. The van der Waals surface area contributed by atoms with Gasteiger partial charge in [-0.3, -0.25) is 4.99 Å². The van der Waals surface area contributed by atoms with Gasteiger partial charge in [-0.05, 0) is 36.8 Å². The summed E-state index contributed by atoms with van der Waals surface area (Å²) < 4.78 is 24.2. The van der Waals surface area contributed by atoms with Gasteiger partial charge in [-0.1, -0.05) is 18.2 Å². The van der Waals surface area contributed by atoms with Gasteiger partial charge in [0.2, 0.25) is 0 Å². The Hall–Kier alpha value is -2.03. The van der Waals surface area contributed by atoms with Crippen LogP contribution < -0.4 is 20.1 Å². The summed E-state index contributed by atoms with van der Waals surface area (Å²) in [6.07, 6.45) is -0.0696. The molecular weight excluding hydrogens is 448 g/mol. The predicted molar refractivity (Wildman–Crippen MR) is 113 cm³/mol. The summed E-state index contributed by atoms with van der Waals surface area (Å²) >= 11 is 0. The van der Waals surface area contributed by atoms with Gasteiger partial charge in [0.25, 0.3) is 0 Å². The van der Waals surface area contributed by atoms with Crippen molar-refractivity contribution >= 4 is 29.9 Å². The van der Waals surface area contributed by atoms with E-state index in [-0.39, 0.29) is 35.9 Å². The molecule has 2 N–H and O–H groups in total. The van der Waals surface area contributed by atoms with Crippen LogP contribution in [-0.4, -0.2) is 32.8 Å². The largest absolute Gasteiger partial charge is 0.497 e. The molecule has 0 radical (unpaired) electrons. The molecular formula is C19H25FIN3O2. The predicted octanol–water partition coefficient (Wildman–Crippen LogP) is 3.58. The maximum atomic E-state index is 13.2. The number of hydrogen-bond acceptors (Lipinski definition) is 3. The lowest BCUT2D eigenvalue weighted by atomic mass is 10.2. The van der Waals surface area contributed by atoms with E-state index in [0.717, 1.165) is 17.1 Å². The molecule has 0 saturated carbocycles. The third kappa shape index (κ3) is 7.47. The molecule has 1 atom stereocenters. The Labute approximate surface area is 171 Å². The highest BCUT2D eigenvalue weighted by Gasteiger charge is 2.07. The van der Waals surface area contributed by atoms with E-state index in [0.29, 0.717) is 19.0 Å². The van der Waals surface area contributed by atoms with Crippen molar-refractivity contribution in [1.82, 2.24) is 10.6 Å². The number of ether oxygens (including phenoxy) is 2. The van der Waals surface area contributed by atoms with Crippen LogP contribution in [0.3, 0.4) is 0 Å². The highest BCUT2D eigenvalue weighted by molar-refractivity contribution is 14.0. The standard InChI is InChI=1S/C19H24FN3O2.HI/c1-14(25-18-9-5-8-17(11-18)24-3)12-22-19(21-2)23-13-15-6-4-7-16(20)10-15;/h4-11,14H,12-13H2,1-3H3,(H2,21,22,23);1H. The molecule has 1 unspecified atom stereocenters. The average Bonchev–Trinajstić information content (AvgIpc) is 2.62. The number of rotatable bonds is 7. The van der Waals surface area contributed by atoms with Crippen molar-refractivity contribution in [3.63, 3.8) is 0 Å². The summed E-state index contributed by atoms with van der Waals surface area (Å²) in [4.78, 5) is 4.16. The Kier molecular flexibility index (Phi) is 9.79. The Balaban J connectivity index is 0.00000338. The SMILES string of the molecule is CN=C(NCc1cccc(F)c1)NCC(C)Oc1cccc(OC)c1.I. The molecule has 0 heterocycles. The van der Waals surface area contributed by atoms with Gasteiger partial charge in [-0.2, -0.15) is 0 Å². The minimum atomic E-state index is -0.248. The molecule has 26 heavy (non-hydrogen) atoms. The molecule has 7 heteroatoms. The van der Waals surface area contributed by atoms with Crippen molar-refractivity contribution in [2.24, 2.45) is 4.99 Å². The number of nitrogens with zero attached hydrogens (tertiary/aromatic N) is 1. The molecule has 2 aromatic carbocycles. The van der Waals surface area contributed by atoms with E-state index >= 15 is 0 Å². The van der Waals surface area contributed by atoms with E-state index in [1.54, 1.807) is 20.2 Å². The number of guanidine groups is 1. The van der Waals surface area contributed by atoms with Crippen molar-refractivity contribution in [1.29, 1.82) is 0 Å². The summed E-state index contributed by atoms with van der Waals surface area (Å²) in [5.41, 5.74) is 0.851. The van der Waals surface area contributed by atoms with Crippen molar-refractivity contribution in [3.8, 4) is 11.5 Å². The van der Waals surface area contributed by atoms with E-state index in [4.69, 9.17) is 9.47 Å². The molecule has 0 aliphatic carbocycles. The minimum Gasteiger partial charge on any atom is -0.497 e. The maximum Gasteiger partial charge on any atom is 0.191 e. The molecule has 0 aromatic heterocycles. The first-order valence-electron chi connectivity index (χ1n) is 8.10. The van der Waals surface area contributed by atoms with Crippen LogP contribution in [0.5, 0.6) is 11.5 Å². The van der Waals surface area contributed by atoms with Crippen LogP contribution in [-0.2, 0) is 6.54 Å². The molecule has 0 spiro atoms. The normalized spacial score (nSPS) is 11.9. The first-order chi connectivity index (χ1) is 12.1. The van der Waals surface area contributed by atoms with E-state index < -0.39 is 0 Å². The van der Waals surface area contributed by atoms with Gasteiger partial charge in [-0.25, -0.2) is 4.39 Å². The van der Waals surface area contributed by atoms with Crippen molar-refractivity contribution in [2.45, 2.75) is 19.6 Å². The van der Waals surface area contributed by atoms with Gasteiger partial charge in [0.05, 0.1) is 13.7 Å². The monoisotopic (exact) mass is 473 g/mol. The van der Waals surface area contributed by atoms with Gasteiger partial charge >= 0.3 is 0 Å². The van der Waals surface area contributed by atoms with Crippen molar-refractivity contribution < 1.29 is 13.9 Å². The Morgan fingerprint density at radius 1 is 1.12 bits per heavy atom. The third-order valence-electron chi connectivity index (χ3n) is 3.51. The van der Waals surface area contributed by atoms with E-state index in [2.05, 4.69) is 15.6 Å². The van der Waals surface area contributed by atoms with Crippen LogP contribution in [0.25, 0.3) is 0 Å². The zero-order chi connectivity index (χ0) is 18.1. The summed E-state index contributed by atoms with van der Waals surface area (Å²) in [7, 11) is 3.31. The molecule has 142 valence electrons. The molecule has 2 rings (SSSR count). The lowest BCUT2D eigenvalue weighted by Gasteiger charge is -2.18. The molecule has 0 bridgehead atoms. The van der Waals surface area contributed by atoms with E-state index in [9.17, 15) is 4.39 Å². The van der Waals surface area contributed by atoms with E-state index in [1.165, 1.54) is 12.1 Å². The fraction of sp³-hybridized carbons (Fsp3) is 0.316. The van der Waals surface area contributed by atoms with Crippen LogP contribution in [0, 0.1) is 5.82 Å². The summed E-state index contributed by atoms with van der Waals surface area (Å²) in [5.74, 6) is 1.88. The van der Waals surface area contributed by atoms with Crippen molar-refractivity contribution in [3.05, 3.63) is 59.9 Å². The van der Waals surface area contributed by atoms with Crippen LogP contribution in [0.4, 0.5) is 4.39 Å². The lowest BCUT2D eigenvalue weighted by Crippen LogP contribution is -2.41. The molecule has 5 nitrogen and oxygen atoms in total. The maximum absolute atomic E-state index is 13.2. The lowest BCUT2D eigenvalue weighted by molar-refractivity contribution is 0.223. The number of nitrogens with one attached hydrogen (secondary N) is 2. The highest BCUT2D eigenvalue weighted by Crippen LogP contribution is 2.19. The molecule has 2 aromatic rings. The van der Waals surface area contributed by atoms with Crippen LogP contribution in [0.1, 0.15) is 12.5 Å². The Morgan fingerprint density at radius 2 is 1.85 bits per heavy atom. The fourth-order valence-electron chi connectivity index (χ4n) is 2.24. The van der Waals surface area contributed by atoms with Crippen LogP contribution in [0.15, 0.2) is 53.5 Å². The number of hydrogen-bond donors (Lipinski definition) is 2. The summed E-state index contributed by atoms with van der Waals surface area (Å²) in [5, 5.41) is 6.34. The van der Waals surface area contributed by atoms with Gasteiger partial charge in [-0.15, -0.1) is 24.0 Å². The van der Waals surface area contributed by atoms with Crippen molar-refractivity contribution in [2.75, 3.05) is 20.7 Å². The Morgan fingerprint density at radius 3 is 2.54 bits per heavy atom. The van der Waals surface area contributed by atoms with Crippen LogP contribution >= 0.6 is 24.0 Å². The molecule has 0 saturated heterocycles. The Bertz CT molecular complexity index is 713. The third-order valence-corrected chi connectivity index (χ3v) is 3.51. The fourth-order valence-corrected chi connectivity index (χ4v) is 2.24.